The number of rotatable bonds is 5. The Morgan fingerprint density at radius 1 is 1.53 bits per heavy atom. The molecule has 0 aliphatic carbocycles. The van der Waals surface area contributed by atoms with Crippen molar-refractivity contribution in [3.05, 3.63) is 48.5 Å². The van der Waals surface area contributed by atoms with Gasteiger partial charge in [-0.2, -0.15) is 0 Å². The summed E-state index contributed by atoms with van der Waals surface area (Å²) >= 11 is 0. The summed E-state index contributed by atoms with van der Waals surface area (Å²) in [7, 11) is 0. The van der Waals surface area contributed by atoms with E-state index in [9.17, 15) is 4.79 Å². The number of aromatic nitrogens is 2. The molecule has 0 spiro atoms. The van der Waals surface area contributed by atoms with Crippen molar-refractivity contribution >= 4 is 11.6 Å². The topological polar surface area (TPSA) is 72.9 Å². The van der Waals surface area contributed by atoms with E-state index in [2.05, 4.69) is 10.3 Å². The number of carbonyl (C=O) groups excluding carboxylic acids is 1. The van der Waals surface area contributed by atoms with E-state index in [0.717, 1.165) is 12.1 Å². The lowest BCUT2D eigenvalue weighted by atomic mass is 10.00. The normalized spacial score (nSPS) is 12.1. The van der Waals surface area contributed by atoms with Gasteiger partial charge < -0.3 is 15.6 Å². The Morgan fingerprint density at radius 2 is 2.37 bits per heavy atom. The highest BCUT2D eigenvalue weighted by Crippen LogP contribution is 2.17. The molecule has 0 aliphatic heterocycles. The summed E-state index contributed by atoms with van der Waals surface area (Å²) in [6.07, 6.45) is 5.32. The molecule has 0 fully saturated rings. The molecule has 0 aliphatic rings. The Kier molecular flexibility index (Phi) is 4.18. The number of benzene rings is 1. The Hall–Kier alpha value is -2.30. The van der Waals surface area contributed by atoms with Crippen LogP contribution in [0.2, 0.25) is 0 Å². The maximum absolute atomic E-state index is 12.0. The summed E-state index contributed by atoms with van der Waals surface area (Å²) < 4.78 is 1.92. The summed E-state index contributed by atoms with van der Waals surface area (Å²) in [5.74, 6) is -0.197. The average Bonchev–Trinajstić information content (AvgIpc) is 2.91. The number of anilines is 1. The van der Waals surface area contributed by atoms with E-state index in [1.54, 1.807) is 12.5 Å². The highest BCUT2D eigenvalue weighted by Gasteiger charge is 2.14. The van der Waals surface area contributed by atoms with Gasteiger partial charge in [-0.3, -0.25) is 4.79 Å². The molecule has 1 aromatic carbocycles. The molecular weight excluding hydrogens is 240 g/mol. The van der Waals surface area contributed by atoms with Crippen LogP contribution < -0.4 is 11.1 Å². The lowest BCUT2D eigenvalue weighted by Crippen LogP contribution is -2.30. The number of amides is 1. The first kappa shape index (κ1) is 13.1. The van der Waals surface area contributed by atoms with E-state index >= 15 is 0 Å². The number of hydrogen-bond acceptors (Lipinski definition) is 3. The van der Waals surface area contributed by atoms with Crippen molar-refractivity contribution < 1.29 is 4.79 Å². The van der Waals surface area contributed by atoms with Gasteiger partial charge in [-0.05, 0) is 24.6 Å². The molecule has 100 valence electrons. The molecule has 0 radical (unpaired) electrons. The third-order valence-corrected chi connectivity index (χ3v) is 3.03. The minimum Gasteiger partial charge on any atom is -0.399 e. The van der Waals surface area contributed by atoms with Gasteiger partial charge in [-0.1, -0.05) is 12.1 Å². The zero-order chi connectivity index (χ0) is 13.7. The molecule has 0 bridgehead atoms. The molecule has 1 unspecified atom stereocenters. The van der Waals surface area contributed by atoms with Gasteiger partial charge in [-0.15, -0.1) is 0 Å². The van der Waals surface area contributed by atoms with Crippen LogP contribution >= 0.6 is 0 Å². The monoisotopic (exact) mass is 258 g/mol. The number of nitrogens with zero attached hydrogens (tertiary/aromatic N) is 2. The summed E-state index contributed by atoms with van der Waals surface area (Å²) in [6.45, 7) is 3.18. The van der Waals surface area contributed by atoms with Gasteiger partial charge in [-0.25, -0.2) is 4.98 Å². The number of hydrogen-bond donors (Lipinski definition) is 2. The largest absolute Gasteiger partial charge is 0.399 e. The van der Waals surface area contributed by atoms with Crippen molar-refractivity contribution in [1.29, 1.82) is 0 Å². The molecule has 2 aromatic rings. The number of nitrogens with one attached hydrogen (secondary N) is 1. The first-order chi connectivity index (χ1) is 9.16. The quantitative estimate of drug-likeness (QED) is 0.796. The lowest BCUT2D eigenvalue weighted by molar-refractivity contribution is -0.122. The van der Waals surface area contributed by atoms with Crippen LogP contribution in [0.25, 0.3) is 0 Å². The van der Waals surface area contributed by atoms with Gasteiger partial charge in [0.15, 0.2) is 0 Å². The zero-order valence-electron chi connectivity index (χ0n) is 10.9. The molecule has 2 rings (SSSR count). The highest BCUT2D eigenvalue weighted by molar-refractivity contribution is 5.83. The fraction of sp³-hybridized carbons (Fsp3) is 0.286. The predicted molar refractivity (Wildman–Crippen MR) is 74.5 cm³/mol. The van der Waals surface area contributed by atoms with Crippen LogP contribution in [-0.4, -0.2) is 22.0 Å². The van der Waals surface area contributed by atoms with Gasteiger partial charge in [0.2, 0.25) is 5.91 Å². The fourth-order valence-corrected chi connectivity index (χ4v) is 1.86. The van der Waals surface area contributed by atoms with Crippen LogP contribution in [0.15, 0.2) is 43.0 Å². The second-order valence-electron chi connectivity index (χ2n) is 4.48. The van der Waals surface area contributed by atoms with Crippen molar-refractivity contribution in [1.82, 2.24) is 14.9 Å². The second kappa shape index (κ2) is 6.04. The zero-order valence-corrected chi connectivity index (χ0v) is 10.9. The molecule has 19 heavy (non-hydrogen) atoms. The molecule has 0 saturated heterocycles. The molecule has 1 aromatic heterocycles. The SMILES string of the molecule is CC(C(=O)NCCn1ccnc1)c1cccc(N)c1. The number of nitrogen functional groups attached to an aromatic ring is 1. The Morgan fingerprint density at radius 3 is 3.05 bits per heavy atom. The van der Waals surface area contributed by atoms with Gasteiger partial charge in [0.25, 0.3) is 0 Å². The molecule has 3 N–H and O–H groups in total. The summed E-state index contributed by atoms with van der Waals surface area (Å²) in [5, 5.41) is 2.91. The minimum atomic E-state index is -0.203. The number of nitrogens with two attached hydrogens (primary N) is 1. The third kappa shape index (κ3) is 3.58. The van der Waals surface area contributed by atoms with Gasteiger partial charge >= 0.3 is 0 Å². The third-order valence-electron chi connectivity index (χ3n) is 3.03. The predicted octanol–water partition coefficient (Wildman–Crippen LogP) is 1.39. The van der Waals surface area contributed by atoms with Gasteiger partial charge in [0, 0.05) is 31.2 Å². The van der Waals surface area contributed by atoms with Gasteiger partial charge in [0.05, 0.1) is 12.2 Å². The standard InChI is InChI=1S/C14H18N4O/c1-11(12-3-2-4-13(15)9-12)14(19)17-6-8-18-7-5-16-10-18/h2-5,7,9-11H,6,8,15H2,1H3,(H,17,19). The maximum Gasteiger partial charge on any atom is 0.227 e. The van der Waals surface area contributed by atoms with E-state index < -0.39 is 0 Å². The molecule has 1 amide bonds. The summed E-state index contributed by atoms with van der Waals surface area (Å²) in [5.41, 5.74) is 7.33. The highest BCUT2D eigenvalue weighted by atomic mass is 16.1. The molecule has 0 saturated carbocycles. The van der Waals surface area contributed by atoms with Crippen LogP contribution in [0.4, 0.5) is 5.69 Å². The van der Waals surface area contributed by atoms with Crippen molar-refractivity contribution in [2.45, 2.75) is 19.4 Å². The van der Waals surface area contributed by atoms with Gasteiger partial charge in [0.1, 0.15) is 0 Å². The van der Waals surface area contributed by atoms with E-state index in [0.29, 0.717) is 12.2 Å². The Bertz CT molecular complexity index is 536. The fourth-order valence-electron chi connectivity index (χ4n) is 1.86. The van der Waals surface area contributed by atoms with Crippen molar-refractivity contribution in [3.63, 3.8) is 0 Å². The molecular formula is C14H18N4O. The van der Waals surface area contributed by atoms with Crippen LogP contribution in [0.3, 0.4) is 0 Å². The van der Waals surface area contributed by atoms with Crippen molar-refractivity contribution in [3.8, 4) is 0 Å². The molecule has 1 atom stereocenters. The molecule has 5 heteroatoms. The lowest BCUT2D eigenvalue weighted by Gasteiger charge is -2.13. The molecule has 5 nitrogen and oxygen atoms in total. The summed E-state index contributed by atoms with van der Waals surface area (Å²) in [4.78, 5) is 16.0. The second-order valence-corrected chi connectivity index (χ2v) is 4.48. The summed E-state index contributed by atoms with van der Waals surface area (Å²) in [6, 6.07) is 7.42. The first-order valence-electron chi connectivity index (χ1n) is 6.25. The maximum atomic E-state index is 12.0. The van der Waals surface area contributed by atoms with Crippen molar-refractivity contribution in [2.24, 2.45) is 0 Å². The number of imidazole rings is 1. The van der Waals surface area contributed by atoms with E-state index in [4.69, 9.17) is 5.73 Å². The van der Waals surface area contributed by atoms with Crippen LogP contribution in [0, 0.1) is 0 Å². The van der Waals surface area contributed by atoms with Crippen LogP contribution in [0.5, 0.6) is 0 Å². The van der Waals surface area contributed by atoms with Crippen molar-refractivity contribution in [2.75, 3.05) is 12.3 Å². The van der Waals surface area contributed by atoms with E-state index in [-0.39, 0.29) is 11.8 Å². The van der Waals surface area contributed by atoms with E-state index in [1.165, 1.54) is 0 Å². The van der Waals surface area contributed by atoms with Crippen LogP contribution in [0.1, 0.15) is 18.4 Å². The van der Waals surface area contributed by atoms with E-state index in [1.807, 2.05) is 42.0 Å². The number of carbonyl (C=O) groups is 1. The Balaban J connectivity index is 1.85. The Labute approximate surface area is 112 Å². The molecule has 1 heterocycles. The minimum absolute atomic E-state index is 0.00529. The average molecular weight is 258 g/mol. The van der Waals surface area contributed by atoms with Crippen LogP contribution in [-0.2, 0) is 11.3 Å². The first-order valence-corrected chi connectivity index (χ1v) is 6.25. The smallest absolute Gasteiger partial charge is 0.227 e.